The number of benzene rings is 2. The predicted molar refractivity (Wildman–Crippen MR) is 122 cm³/mol. The Morgan fingerprint density at radius 3 is 2.73 bits per heavy atom. The largest absolute Gasteiger partial charge is 0.503 e. The van der Waals surface area contributed by atoms with Gasteiger partial charge in [-0.25, -0.2) is 4.39 Å². The number of furan rings is 1. The van der Waals surface area contributed by atoms with Crippen LogP contribution in [0.5, 0.6) is 0 Å². The molecule has 1 aliphatic rings. The van der Waals surface area contributed by atoms with Crippen LogP contribution in [0.25, 0.3) is 11.0 Å². The van der Waals surface area contributed by atoms with E-state index in [1.54, 1.807) is 48.8 Å². The molecule has 1 unspecified atom stereocenters. The number of nitrogens with zero attached hydrogens (tertiary/aromatic N) is 2. The fraction of sp³-hybridized carbons (Fsp3) is 0.0800. The summed E-state index contributed by atoms with van der Waals surface area (Å²) in [6.07, 6.45) is 3.16. The van der Waals surface area contributed by atoms with Gasteiger partial charge in [0.05, 0.1) is 11.6 Å². The van der Waals surface area contributed by atoms with Crippen molar-refractivity contribution >= 4 is 38.6 Å². The van der Waals surface area contributed by atoms with Gasteiger partial charge >= 0.3 is 0 Å². The number of aliphatic hydroxyl groups excluding tert-OH is 1. The van der Waals surface area contributed by atoms with E-state index in [9.17, 15) is 19.1 Å². The lowest BCUT2D eigenvalue weighted by Crippen LogP contribution is -2.31. The highest BCUT2D eigenvalue weighted by Gasteiger charge is 2.45. The SMILES string of the molecule is O=C(C1=C(O)C(=O)N(Cc2cccnc2)C1c1ccccc1F)c1cc2cc(Br)ccc2o1. The summed E-state index contributed by atoms with van der Waals surface area (Å²) in [7, 11) is 0. The van der Waals surface area contributed by atoms with Crippen molar-refractivity contribution in [3.05, 3.63) is 112 Å². The summed E-state index contributed by atoms with van der Waals surface area (Å²) in [4.78, 5) is 31.9. The van der Waals surface area contributed by atoms with Gasteiger partial charge in [0.1, 0.15) is 11.4 Å². The number of aromatic nitrogens is 1. The Labute approximate surface area is 196 Å². The molecule has 4 aromatic rings. The van der Waals surface area contributed by atoms with E-state index in [4.69, 9.17) is 4.42 Å². The van der Waals surface area contributed by atoms with Gasteiger partial charge in [-0.1, -0.05) is 40.2 Å². The molecule has 3 heterocycles. The number of pyridine rings is 1. The predicted octanol–water partition coefficient (Wildman–Crippen LogP) is 5.51. The fourth-order valence-corrected chi connectivity index (χ4v) is 4.39. The molecule has 2 aromatic carbocycles. The van der Waals surface area contributed by atoms with E-state index < -0.39 is 29.3 Å². The Balaban J connectivity index is 1.62. The summed E-state index contributed by atoms with van der Waals surface area (Å²) in [5.41, 5.74) is 1.01. The third kappa shape index (κ3) is 3.72. The molecule has 1 aliphatic heterocycles. The average Bonchev–Trinajstić information content (AvgIpc) is 3.34. The number of hydrogen-bond donors (Lipinski definition) is 1. The van der Waals surface area contributed by atoms with Gasteiger partial charge in [0.15, 0.2) is 11.5 Å². The zero-order valence-electron chi connectivity index (χ0n) is 17.0. The number of halogens is 2. The molecule has 0 fully saturated rings. The fourth-order valence-electron chi connectivity index (χ4n) is 4.02. The van der Waals surface area contributed by atoms with Crippen molar-refractivity contribution < 1.29 is 23.5 Å². The highest BCUT2D eigenvalue weighted by molar-refractivity contribution is 9.10. The van der Waals surface area contributed by atoms with Gasteiger partial charge in [0.2, 0.25) is 5.78 Å². The Morgan fingerprint density at radius 1 is 1.15 bits per heavy atom. The summed E-state index contributed by atoms with van der Waals surface area (Å²) < 4.78 is 21.4. The lowest BCUT2D eigenvalue weighted by molar-refractivity contribution is -0.130. The van der Waals surface area contributed by atoms with Crippen LogP contribution in [0.2, 0.25) is 0 Å². The number of aliphatic hydroxyl groups is 1. The Hall–Kier alpha value is -3.78. The van der Waals surface area contributed by atoms with Crippen LogP contribution in [0.1, 0.15) is 27.7 Å². The maximum absolute atomic E-state index is 14.9. The molecule has 2 aromatic heterocycles. The lowest BCUT2D eigenvalue weighted by atomic mass is 9.94. The molecule has 1 N–H and O–H groups in total. The molecule has 1 amide bonds. The standard InChI is InChI=1S/C25H16BrFN2O4/c26-16-7-8-19-15(10-16)11-20(33-19)23(30)21-22(17-5-1-2-6-18(17)27)29(25(32)24(21)31)13-14-4-3-9-28-12-14/h1-12,22,31H,13H2. The Morgan fingerprint density at radius 2 is 1.97 bits per heavy atom. The quantitative estimate of drug-likeness (QED) is 0.361. The van der Waals surface area contributed by atoms with Gasteiger partial charge < -0.3 is 14.4 Å². The first-order valence-electron chi connectivity index (χ1n) is 10.1. The van der Waals surface area contributed by atoms with Gasteiger partial charge in [-0.2, -0.15) is 0 Å². The van der Waals surface area contributed by atoms with E-state index in [2.05, 4.69) is 20.9 Å². The van der Waals surface area contributed by atoms with Crippen molar-refractivity contribution in [3.8, 4) is 0 Å². The van der Waals surface area contributed by atoms with Gasteiger partial charge in [0.25, 0.3) is 5.91 Å². The van der Waals surface area contributed by atoms with Crippen LogP contribution in [-0.4, -0.2) is 26.7 Å². The maximum atomic E-state index is 14.9. The lowest BCUT2D eigenvalue weighted by Gasteiger charge is -2.27. The van der Waals surface area contributed by atoms with Crippen LogP contribution >= 0.6 is 15.9 Å². The van der Waals surface area contributed by atoms with Crippen LogP contribution in [0.4, 0.5) is 4.39 Å². The molecule has 8 heteroatoms. The normalized spacial score (nSPS) is 16.1. The van der Waals surface area contributed by atoms with Crippen LogP contribution < -0.4 is 0 Å². The van der Waals surface area contributed by atoms with Gasteiger partial charge in [-0.05, 0) is 42.0 Å². The smallest absolute Gasteiger partial charge is 0.290 e. The zero-order valence-corrected chi connectivity index (χ0v) is 18.6. The van der Waals surface area contributed by atoms with E-state index >= 15 is 0 Å². The van der Waals surface area contributed by atoms with Crippen LogP contribution in [0.3, 0.4) is 0 Å². The second-order valence-electron chi connectivity index (χ2n) is 7.60. The minimum absolute atomic E-state index is 0.0274. The molecule has 0 radical (unpaired) electrons. The second kappa shape index (κ2) is 8.29. The second-order valence-corrected chi connectivity index (χ2v) is 8.52. The van der Waals surface area contributed by atoms with Crippen molar-refractivity contribution in [2.75, 3.05) is 0 Å². The van der Waals surface area contributed by atoms with E-state index in [0.717, 1.165) is 4.47 Å². The molecule has 6 nitrogen and oxygen atoms in total. The summed E-state index contributed by atoms with van der Waals surface area (Å²) in [5.74, 6) is -2.83. The van der Waals surface area contributed by atoms with Crippen molar-refractivity contribution in [2.24, 2.45) is 0 Å². The first-order valence-corrected chi connectivity index (χ1v) is 10.8. The molecule has 0 bridgehead atoms. The average molecular weight is 507 g/mol. The molecule has 164 valence electrons. The van der Waals surface area contributed by atoms with Crippen molar-refractivity contribution in [1.82, 2.24) is 9.88 Å². The molecular weight excluding hydrogens is 491 g/mol. The van der Waals surface area contributed by atoms with E-state index in [-0.39, 0.29) is 23.4 Å². The maximum Gasteiger partial charge on any atom is 0.290 e. The van der Waals surface area contributed by atoms with Gasteiger partial charge in [-0.15, -0.1) is 0 Å². The third-order valence-electron chi connectivity index (χ3n) is 5.53. The van der Waals surface area contributed by atoms with Crippen LogP contribution in [0, 0.1) is 5.82 Å². The number of ketones is 1. The number of Topliss-reactive ketones (excluding diaryl/α,β-unsaturated/α-hetero) is 1. The van der Waals surface area contributed by atoms with Crippen molar-refractivity contribution in [3.63, 3.8) is 0 Å². The first-order chi connectivity index (χ1) is 15.9. The minimum atomic E-state index is -1.13. The number of amides is 1. The molecule has 0 aliphatic carbocycles. The Bertz CT molecular complexity index is 1430. The van der Waals surface area contributed by atoms with Gasteiger partial charge in [0, 0.05) is 34.4 Å². The molecule has 0 spiro atoms. The molecule has 33 heavy (non-hydrogen) atoms. The number of rotatable bonds is 5. The summed E-state index contributed by atoms with van der Waals surface area (Å²) >= 11 is 3.38. The number of fused-ring (bicyclic) bond motifs is 1. The number of carbonyl (C=O) groups is 2. The molecule has 0 saturated carbocycles. The van der Waals surface area contributed by atoms with E-state index in [0.29, 0.717) is 16.5 Å². The topological polar surface area (TPSA) is 83.6 Å². The van der Waals surface area contributed by atoms with Gasteiger partial charge in [-0.3, -0.25) is 14.6 Å². The summed E-state index contributed by atoms with van der Waals surface area (Å²) in [5, 5.41) is 11.4. The summed E-state index contributed by atoms with van der Waals surface area (Å²) in [6.45, 7) is 0.0274. The minimum Gasteiger partial charge on any atom is -0.503 e. The van der Waals surface area contributed by atoms with Crippen LogP contribution in [-0.2, 0) is 11.3 Å². The van der Waals surface area contributed by atoms with Crippen LogP contribution in [0.15, 0.2) is 93.3 Å². The highest BCUT2D eigenvalue weighted by atomic mass is 79.9. The number of hydrogen-bond acceptors (Lipinski definition) is 5. The molecule has 1 atom stereocenters. The summed E-state index contributed by atoms with van der Waals surface area (Å²) in [6, 6.07) is 15.0. The molecule has 0 saturated heterocycles. The zero-order chi connectivity index (χ0) is 23.1. The van der Waals surface area contributed by atoms with E-state index in [1.807, 2.05) is 0 Å². The Kier molecular flexibility index (Phi) is 5.30. The van der Waals surface area contributed by atoms with Crippen molar-refractivity contribution in [2.45, 2.75) is 12.6 Å². The highest BCUT2D eigenvalue weighted by Crippen LogP contribution is 2.41. The van der Waals surface area contributed by atoms with Crippen molar-refractivity contribution in [1.29, 1.82) is 0 Å². The molecule has 5 rings (SSSR count). The first kappa shape index (κ1) is 21.1. The van der Waals surface area contributed by atoms with E-state index in [1.165, 1.54) is 29.2 Å². The monoisotopic (exact) mass is 506 g/mol. The molecular formula is C25H16BrFN2O4. The number of carbonyl (C=O) groups excluding carboxylic acids is 2. The third-order valence-corrected chi connectivity index (χ3v) is 6.02.